The van der Waals surface area contributed by atoms with Gasteiger partial charge in [-0.05, 0) is 42.3 Å². The molecule has 0 spiro atoms. The average Bonchev–Trinajstić information content (AvgIpc) is 3.21. The minimum atomic E-state index is -0.404. The van der Waals surface area contributed by atoms with Crippen molar-refractivity contribution in [2.75, 3.05) is 11.4 Å². The lowest BCUT2D eigenvalue weighted by atomic mass is 10.2. The van der Waals surface area contributed by atoms with Crippen molar-refractivity contribution in [2.45, 2.75) is 19.4 Å². The van der Waals surface area contributed by atoms with Crippen LogP contribution in [0.15, 0.2) is 42.5 Å². The lowest BCUT2D eigenvalue weighted by Crippen LogP contribution is -2.30. The van der Waals surface area contributed by atoms with Crippen molar-refractivity contribution >= 4 is 40.0 Å². The molecule has 2 aromatic carbocycles. The lowest BCUT2D eigenvalue weighted by Gasteiger charge is -2.18. The summed E-state index contributed by atoms with van der Waals surface area (Å²) in [5, 5.41) is 4.09. The number of nitrogens with zero attached hydrogens (tertiary/aromatic N) is 2. The molecular weight excluding hydrogens is 381 g/mol. The number of nitrogens with one attached hydrogen (secondary N) is 1. The van der Waals surface area contributed by atoms with Crippen molar-refractivity contribution in [2.24, 2.45) is 7.05 Å². The number of amides is 2. The van der Waals surface area contributed by atoms with Gasteiger partial charge in [-0.15, -0.1) is 0 Å². The Balaban J connectivity index is 1.74. The van der Waals surface area contributed by atoms with E-state index < -0.39 is 5.82 Å². The molecule has 0 atom stereocenters. The number of benzene rings is 2. The Labute approximate surface area is 166 Å². The highest BCUT2D eigenvalue weighted by atomic mass is 35.5. The summed E-state index contributed by atoms with van der Waals surface area (Å²) in [5.41, 5.74) is 2.44. The third kappa shape index (κ3) is 3.24. The van der Waals surface area contributed by atoms with Crippen molar-refractivity contribution in [3.63, 3.8) is 0 Å². The molecule has 1 aromatic heterocycles. The van der Waals surface area contributed by atoms with Crippen LogP contribution in [-0.2, 0) is 18.4 Å². The molecular formula is C21H19ClFN3O2. The highest BCUT2D eigenvalue weighted by Gasteiger charge is 2.31. The highest BCUT2D eigenvalue weighted by molar-refractivity contribution is 6.30. The third-order valence-corrected chi connectivity index (χ3v) is 5.31. The number of fused-ring (bicyclic) bond motifs is 1. The molecule has 1 saturated heterocycles. The van der Waals surface area contributed by atoms with E-state index in [4.69, 9.17) is 11.6 Å². The molecule has 28 heavy (non-hydrogen) atoms. The second-order valence-corrected chi connectivity index (χ2v) is 7.31. The Hall–Kier alpha value is -2.86. The number of carbonyl (C=O) groups excluding carboxylic acids is 2. The molecule has 1 aliphatic heterocycles. The Morgan fingerprint density at radius 1 is 1.21 bits per heavy atom. The first-order valence-corrected chi connectivity index (χ1v) is 9.44. The minimum Gasteiger partial charge on any atom is -0.347 e. The fraction of sp³-hybridized carbons (Fsp3) is 0.238. The molecule has 0 bridgehead atoms. The van der Waals surface area contributed by atoms with Gasteiger partial charge < -0.3 is 14.8 Å². The molecule has 0 radical (unpaired) electrons. The fourth-order valence-electron chi connectivity index (χ4n) is 3.68. The van der Waals surface area contributed by atoms with Gasteiger partial charge in [0.2, 0.25) is 5.91 Å². The van der Waals surface area contributed by atoms with Gasteiger partial charge in [-0.2, -0.15) is 0 Å². The van der Waals surface area contributed by atoms with E-state index in [0.29, 0.717) is 46.8 Å². The van der Waals surface area contributed by atoms with Crippen LogP contribution in [0.4, 0.5) is 10.1 Å². The molecule has 0 saturated carbocycles. The summed E-state index contributed by atoms with van der Waals surface area (Å²) in [6, 6.07) is 11.6. The smallest absolute Gasteiger partial charge is 0.270 e. The zero-order chi connectivity index (χ0) is 19.8. The van der Waals surface area contributed by atoms with Crippen LogP contribution in [-0.4, -0.2) is 22.9 Å². The predicted octanol–water partition coefficient (Wildman–Crippen LogP) is 4.03. The maximum atomic E-state index is 13.9. The summed E-state index contributed by atoms with van der Waals surface area (Å²) in [4.78, 5) is 27.0. The van der Waals surface area contributed by atoms with E-state index in [1.807, 2.05) is 12.1 Å². The van der Waals surface area contributed by atoms with E-state index in [2.05, 4.69) is 5.32 Å². The zero-order valence-electron chi connectivity index (χ0n) is 15.3. The van der Waals surface area contributed by atoms with Crippen molar-refractivity contribution in [1.29, 1.82) is 0 Å². The molecule has 7 heteroatoms. The number of halogens is 2. The second kappa shape index (κ2) is 7.28. The Morgan fingerprint density at radius 3 is 2.64 bits per heavy atom. The Bertz CT molecular complexity index is 1080. The first-order chi connectivity index (χ1) is 13.5. The third-order valence-electron chi connectivity index (χ3n) is 5.06. The van der Waals surface area contributed by atoms with Crippen LogP contribution in [0.1, 0.15) is 28.9 Å². The van der Waals surface area contributed by atoms with Crippen LogP contribution in [0.25, 0.3) is 10.9 Å². The summed E-state index contributed by atoms with van der Waals surface area (Å²) < 4.78 is 15.6. The van der Waals surface area contributed by atoms with Gasteiger partial charge in [0.05, 0.1) is 11.2 Å². The van der Waals surface area contributed by atoms with Gasteiger partial charge in [-0.25, -0.2) is 4.39 Å². The van der Waals surface area contributed by atoms with Crippen LogP contribution in [0, 0.1) is 5.82 Å². The Morgan fingerprint density at radius 2 is 1.96 bits per heavy atom. The summed E-state index contributed by atoms with van der Waals surface area (Å²) >= 11 is 5.90. The van der Waals surface area contributed by atoms with Gasteiger partial charge in [-0.3, -0.25) is 9.59 Å². The number of hydrogen-bond donors (Lipinski definition) is 1. The molecule has 1 aliphatic rings. The van der Waals surface area contributed by atoms with E-state index in [-0.39, 0.29) is 11.8 Å². The molecule has 144 valence electrons. The largest absolute Gasteiger partial charge is 0.347 e. The number of carbonyl (C=O) groups is 2. The van der Waals surface area contributed by atoms with Crippen LogP contribution >= 0.6 is 11.6 Å². The molecule has 3 aromatic rings. The van der Waals surface area contributed by atoms with E-state index in [9.17, 15) is 14.0 Å². The van der Waals surface area contributed by atoms with Gasteiger partial charge in [0.25, 0.3) is 5.91 Å². The summed E-state index contributed by atoms with van der Waals surface area (Å²) in [5.74, 6) is -0.772. The highest BCUT2D eigenvalue weighted by Crippen LogP contribution is 2.36. The van der Waals surface area contributed by atoms with Gasteiger partial charge in [0, 0.05) is 37.0 Å². The molecule has 1 N–H and O–H groups in total. The van der Waals surface area contributed by atoms with E-state index in [0.717, 1.165) is 12.0 Å². The quantitative estimate of drug-likeness (QED) is 0.720. The lowest BCUT2D eigenvalue weighted by molar-refractivity contribution is -0.117. The normalized spacial score (nSPS) is 14.1. The average molecular weight is 400 g/mol. The maximum Gasteiger partial charge on any atom is 0.270 e. The van der Waals surface area contributed by atoms with Crippen molar-refractivity contribution in [1.82, 2.24) is 9.88 Å². The second-order valence-electron chi connectivity index (χ2n) is 6.88. The van der Waals surface area contributed by atoms with Gasteiger partial charge in [0.1, 0.15) is 11.5 Å². The molecule has 2 heterocycles. The Kier molecular flexibility index (Phi) is 4.81. The molecule has 1 fully saturated rings. The molecule has 4 rings (SSSR count). The number of rotatable bonds is 4. The first-order valence-electron chi connectivity index (χ1n) is 9.06. The molecule has 2 amide bonds. The minimum absolute atomic E-state index is 0.0523. The van der Waals surface area contributed by atoms with Crippen LogP contribution in [0.3, 0.4) is 0 Å². The van der Waals surface area contributed by atoms with Gasteiger partial charge in [-0.1, -0.05) is 23.7 Å². The monoisotopic (exact) mass is 399 g/mol. The topological polar surface area (TPSA) is 54.3 Å². The summed E-state index contributed by atoms with van der Waals surface area (Å²) in [7, 11) is 1.75. The van der Waals surface area contributed by atoms with Crippen LogP contribution < -0.4 is 10.2 Å². The van der Waals surface area contributed by atoms with Gasteiger partial charge >= 0.3 is 0 Å². The summed E-state index contributed by atoms with van der Waals surface area (Å²) in [6.07, 6.45) is 1.15. The SMILES string of the molecule is Cn1c(C(=O)NCc2ccc(Cl)cc2)c(N2CCCC2=O)c2cc(F)ccc21. The van der Waals surface area contributed by atoms with Crippen LogP contribution in [0.2, 0.25) is 5.02 Å². The maximum absolute atomic E-state index is 13.9. The fourth-order valence-corrected chi connectivity index (χ4v) is 3.81. The number of anilines is 1. The number of hydrogen-bond acceptors (Lipinski definition) is 2. The van der Waals surface area contributed by atoms with Crippen molar-refractivity contribution < 1.29 is 14.0 Å². The van der Waals surface area contributed by atoms with E-state index in [1.165, 1.54) is 12.1 Å². The standard InChI is InChI=1S/C21H19ClFN3O2/c1-25-17-9-8-15(23)11-16(17)19(26-10-2-3-18(26)27)20(25)21(28)24-12-13-4-6-14(22)7-5-13/h4-9,11H,2-3,10,12H2,1H3,(H,24,28). The molecule has 5 nitrogen and oxygen atoms in total. The first kappa shape index (κ1) is 18.5. The van der Waals surface area contributed by atoms with E-state index >= 15 is 0 Å². The van der Waals surface area contributed by atoms with Crippen molar-refractivity contribution in [3.8, 4) is 0 Å². The van der Waals surface area contributed by atoms with Crippen molar-refractivity contribution in [3.05, 3.63) is 64.6 Å². The predicted molar refractivity (Wildman–Crippen MR) is 107 cm³/mol. The number of aryl methyl sites for hydroxylation is 1. The van der Waals surface area contributed by atoms with E-state index in [1.54, 1.807) is 34.7 Å². The zero-order valence-corrected chi connectivity index (χ0v) is 16.1. The van der Waals surface area contributed by atoms with Crippen LogP contribution in [0.5, 0.6) is 0 Å². The molecule has 0 unspecified atom stereocenters. The molecule has 0 aliphatic carbocycles. The van der Waals surface area contributed by atoms with Gasteiger partial charge in [0.15, 0.2) is 0 Å². The summed E-state index contributed by atoms with van der Waals surface area (Å²) in [6.45, 7) is 0.838. The number of aromatic nitrogens is 1.